The van der Waals surface area contributed by atoms with Crippen molar-refractivity contribution in [3.05, 3.63) is 89.0 Å². The molecule has 0 aromatic heterocycles. The fourth-order valence-electron chi connectivity index (χ4n) is 11.0. The van der Waals surface area contributed by atoms with Gasteiger partial charge in [-0.1, -0.05) is 76.1 Å². The van der Waals surface area contributed by atoms with E-state index in [0.29, 0.717) is 29.4 Å². The highest BCUT2D eigenvalue weighted by Gasteiger charge is 2.78. The van der Waals surface area contributed by atoms with Crippen LogP contribution in [0.4, 0.5) is 13.2 Å². The average Bonchev–Trinajstić information content (AvgIpc) is 3.49. The third kappa shape index (κ3) is 10.7. The number of carbonyl (C=O) groups is 3. The number of fused-ring (bicyclic) bond motifs is 5. The Morgan fingerprint density at radius 2 is 1.70 bits per heavy atom. The fraction of sp³-hybridized carbons (Fsp3) is 0.620. The van der Waals surface area contributed by atoms with Gasteiger partial charge in [-0.3, -0.25) is 14.4 Å². The van der Waals surface area contributed by atoms with E-state index in [2.05, 4.69) is 35.6 Å². The van der Waals surface area contributed by atoms with Crippen LogP contribution in [0.3, 0.4) is 0 Å². The Kier molecular flexibility index (Phi) is 18.3. The number of benzene rings is 2. The van der Waals surface area contributed by atoms with E-state index >= 15 is 8.78 Å². The molecule has 0 aliphatic heterocycles. The zero-order chi connectivity index (χ0) is 46.7. The molecule has 64 heavy (non-hydrogen) atoms. The molecule has 2 aromatic rings. The molecule has 10 atom stereocenters. The fourth-order valence-corrected chi connectivity index (χ4v) is 11.8. The third-order valence-electron chi connectivity index (χ3n) is 14.5. The summed E-state index contributed by atoms with van der Waals surface area (Å²) >= 11 is 0.396. The largest absolute Gasteiger partial charge is 0.508 e. The number of thioether (sulfide) groups is 1. The van der Waals surface area contributed by atoms with E-state index in [1.54, 1.807) is 32.9 Å². The molecule has 0 spiro atoms. The monoisotopic (exact) mass is 915 g/mol. The lowest BCUT2D eigenvalue weighted by Crippen LogP contribution is -2.70. The molecule has 4 aliphatic rings. The average molecular weight is 916 g/mol. The van der Waals surface area contributed by atoms with Crippen LogP contribution in [-0.4, -0.2) is 93.1 Å². The number of phenols is 1. The van der Waals surface area contributed by atoms with Crippen molar-refractivity contribution in [2.24, 2.45) is 28.6 Å². The lowest BCUT2D eigenvalue weighted by atomic mass is 9.44. The standard InChI is InChI=1S/C25H31F3O5S.C25H37NO4/c1-5-20(31)33-25(21(32)34-12-26)13(2)8-15-16-10-18(27)17-9-14(29)6-7-22(17,3)24(16,28)19(30)11-23(15,25)4;27-20-23-18-22(13-14-24(23)28)25(29)19-26-15-7-1-2-8-16-30-17-9-6-12-21-10-4-3-5-11-21/h6-7,9,13,15-16,18-19,30H,5,8,10-12H2,1-4H3;3-5,10-11,13-14,18,25-29H,1-2,6-9,12,15-17,19-20H2/t13-,15+,16+,18+,19+,22+,23+,24?,25?;/m1./s1. The number of alkyl halides is 3. The van der Waals surface area contributed by atoms with E-state index in [1.807, 2.05) is 0 Å². The molecule has 0 saturated heterocycles. The molecule has 0 amide bonds. The van der Waals surface area contributed by atoms with Gasteiger partial charge in [0, 0.05) is 54.4 Å². The van der Waals surface area contributed by atoms with Gasteiger partial charge in [-0.25, -0.2) is 13.2 Å². The Bertz CT molecular complexity index is 1950. The number of allylic oxidation sites excluding steroid dienone is 4. The van der Waals surface area contributed by atoms with Gasteiger partial charge in [-0.2, -0.15) is 0 Å². The van der Waals surface area contributed by atoms with Gasteiger partial charge >= 0.3 is 5.97 Å². The lowest BCUT2D eigenvalue weighted by Gasteiger charge is -2.63. The minimum atomic E-state index is -2.30. The summed E-state index contributed by atoms with van der Waals surface area (Å²) in [6.45, 7) is 9.22. The molecule has 6 rings (SSSR count). The zero-order valence-electron chi connectivity index (χ0n) is 37.7. The van der Waals surface area contributed by atoms with Crippen molar-refractivity contribution in [2.45, 2.75) is 135 Å². The summed E-state index contributed by atoms with van der Waals surface area (Å²) in [5.74, 6) is -3.24. The van der Waals surface area contributed by atoms with Crippen LogP contribution < -0.4 is 5.32 Å². The number of nitrogens with one attached hydrogen (secondary N) is 1. The van der Waals surface area contributed by atoms with Crippen molar-refractivity contribution in [1.29, 1.82) is 0 Å². The van der Waals surface area contributed by atoms with Crippen molar-refractivity contribution in [2.75, 3.05) is 32.3 Å². The Morgan fingerprint density at radius 3 is 2.39 bits per heavy atom. The Labute approximate surface area is 380 Å². The molecule has 3 unspecified atom stereocenters. The van der Waals surface area contributed by atoms with Crippen LogP contribution in [-0.2, 0) is 36.9 Å². The number of ether oxygens (including phenoxy) is 2. The third-order valence-corrected chi connectivity index (χ3v) is 15.1. The summed E-state index contributed by atoms with van der Waals surface area (Å²) in [4.78, 5) is 37.8. The maximum absolute atomic E-state index is 17.2. The summed E-state index contributed by atoms with van der Waals surface area (Å²) in [6, 6.07) is 14.4. The van der Waals surface area contributed by atoms with Crippen LogP contribution >= 0.6 is 11.8 Å². The second kappa shape index (κ2) is 22.8. The summed E-state index contributed by atoms with van der Waals surface area (Å²) in [5.41, 5.74) is -4.31. The smallest absolute Gasteiger partial charge is 0.306 e. The van der Waals surface area contributed by atoms with Crippen molar-refractivity contribution in [3.8, 4) is 5.75 Å². The minimum Gasteiger partial charge on any atom is -0.508 e. The minimum absolute atomic E-state index is 0.0141. The van der Waals surface area contributed by atoms with E-state index in [9.17, 15) is 39.2 Å². The van der Waals surface area contributed by atoms with Gasteiger partial charge < -0.3 is 35.2 Å². The predicted molar refractivity (Wildman–Crippen MR) is 241 cm³/mol. The summed E-state index contributed by atoms with van der Waals surface area (Å²) < 4.78 is 57.6. The van der Waals surface area contributed by atoms with E-state index in [0.717, 1.165) is 64.4 Å². The number of hydrogen-bond acceptors (Lipinski definition) is 11. The molecule has 3 fully saturated rings. The molecule has 3 saturated carbocycles. The van der Waals surface area contributed by atoms with Crippen LogP contribution in [0, 0.1) is 28.6 Å². The van der Waals surface area contributed by atoms with Crippen molar-refractivity contribution in [1.82, 2.24) is 5.32 Å². The first-order valence-electron chi connectivity index (χ1n) is 22.9. The first kappa shape index (κ1) is 51.5. The molecule has 0 heterocycles. The highest BCUT2D eigenvalue weighted by atomic mass is 32.2. The number of carbonyl (C=O) groups excluding carboxylic acids is 3. The summed E-state index contributed by atoms with van der Waals surface area (Å²) in [7, 11) is 0. The maximum atomic E-state index is 17.2. The van der Waals surface area contributed by atoms with Crippen molar-refractivity contribution >= 4 is 28.6 Å². The van der Waals surface area contributed by atoms with Gasteiger partial charge in [0.05, 0.1) is 18.8 Å². The molecule has 5 N–H and O–H groups in total. The van der Waals surface area contributed by atoms with E-state index in [4.69, 9.17) is 9.47 Å². The normalized spacial score (nSPS) is 30.9. The Balaban J connectivity index is 0.000000243. The van der Waals surface area contributed by atoms with Gasteiger partial charge in [0.2, 0.25) is 5.12 Å². The number of hydrogen-bond donors (Lipinski definition) is 5. The molecule has 0 radical (unpaired) electrons. The number of rotatable bonds is 20. The number of aryl methyl sites for hydroxylation is 1. The van der Waals surface area contributed by atoms with Crippen molar-refractivity contribution < 1.29 is 57.5 Å². The number of aliphatic hydroxyl groups is 3. The summed E-state index contributed by atoms with van der Waals surface area (Å²) in [6.07, 6.45) is 7.40. The highest BCUT2D eigenvalue weighted by molar-refractivity contribution is 8.13. The number of unbranched alkanes of at least 4 members (excludes halogenated alkanes) is 4. The second-order valence-corrected chi connectivity index (χ2v) is 19.2. The predicted octanol–water partition coefficient (Wildman–Crippen LogP) is 8.54. The molecule has 14 heteroatoms. The van der Waals surface area contributed by atoms with Crippen LogP contribution in [0.2, 0.25) is 0 Å². The highest BCUT2D eigenvalue weighted by Crippen LogP contribution is 2.72. The molecule has 10 nitrogen and oxygen atoms in total. The molecular formula is C50H68F3NO9S. The topological polar surface area (TPSA) is 163 Å². The molecular weight excluding hydrogens is 848 g/mol. The number of esters is 1. The molecule has 4 aliphatic carbocycles. The van der Waals surface area contributed by atoms with E-state index in [-0.39, 0.29) is 43.6 Å². The van der Waals surface area contributed by atoms with Gasteiger partial charge in [0.25, 0.3) is 0 Å². The zero-order valence-corrected chi connectivity index (χ0v) is 38.5. The molecule has 2 aromatic carbocycles. The summed E-state index contributed by atoms with van der Waals surface area (Å²) in [5, 5.41) is 43.0. The molecule has 354 valence electrons. The first-order chi connectivity index (χ1) is 30.5. The van der Waals surface area contributed by atoms with Crippen LogP contribution in [0.15, 0.2) is 72.3 Å². The SMILES string of the molecule is CCC(=O)OC1(C(=O)SCF)[C@H](C)C[C@H]2[C@@H]3C[C@H](F)C4=CC(=O)C=C[C@]4(C)C3(F)[C@@H](O)C[C@@]21C.OCc1cc(C(O)CNCCCCCCOCCCCc2ccccc2)ccc1O. The lowest BCUT2D eigenvalue weighted by molar-refractivity contribution is -0.228. The van der Waals surface area contributed by atoms with E-state index < -0.39 is 81.1 Å². The number of aromatic hydroxyl groups is 1. The Hall–Kier alpha value is -3.53. The number of ketones is 1. The quantitative estimate of drug-likeness (QED) is 0.0640. The first-order valence-corrected chi connectivity index (χ1v) is 23.9. The second-order valence-electron chi connectivity index (χ2n) is 18.3. The maximum Gasteiger partial charge on any atom is 0.306 e. The number of aliphatic hydroxyl groups excluding tert-OH is 3. The van der Waals surface area contributed by atoms with Gasteiger partial charge in [0.15, 0.2) is 17.1 Å². The Morgan fingerprint density at radius 1 is 1.00 bits per heavy atom. The van der Waals surface area contributed by atoms with Crippen LogP contribution in [0.5, 0.6) is 5.75 Å². The van der Waals surface area contributed by atoms with Crippen molar-refractivity contribution in [3.63, 3.8) is 0 Å². The van der Waals surface area contributed by atoms with Gasteiger partial charge in [-0.05, 0) is 123 Å². The van der Waals surface area contributed by atoms with Crippen LogP contribution in [0.25, 0.3) is 0 Å². The number of halogens is 3. The van der Waals surface area contributed by atoms with Crippen LogP contribution in [0.1, 0.15) is 115 Å². The van der Waals surface area contributed by atoms with E-state index in [1.165, 1.54) is 37.1 Å². The van der Waals surface area contributed by atoms with Gasteiger partial charge in [-0.15, -0.1) is 0 Å². The van der Waals surface area contributed by atoms with Gasteiger partial charge in [0.1, 0.15) is 17.9 Å². The molecule has 0 bridgehead atoms.